The van der Waals surface area contributed by atoms with Crippen LogP contribution in [0.5, 0.6) is 0 Å². The molecule has 0 aromatic heterocycles. The maximum absolute atomic E-state index is 11.2. The molecule has 0 radical (unpaired) electrons. The lowest BCUT2D eigenvalue weighted by molar-refractivity contribution is -0.137. The van der Waals surface area contributed by atoms with E-state index < -0.39 is 5.97 Å². The summed E-state index contributed by atoms with van der Waals surface area (Å²) in [7, 11) is 0. The number of hydrogen-bond donors (Lipinski definition) is 2. The average molecular weight is 200 g/mol. The summed E-state index contributed by atoms with van der Waals surface area (Å²) < 4.78 is 0. The highest BCUT2D eigenvalue weighted by Gasteiger charge is 2.21. The van der Waals surface area contributed by atoms with Crippen molar-refractivity contribution in [2.24, 2.45) is 5.73 Å². The SMILES string of the molecule is NC(CCC(=O)O)CN1CCCC1=O. The number of likely N-dealkylation sites (tertiary alicyclic amines) is 1. The van der Waals surface area contributed by atoms with Crippen molar-refractivity contribution in [3.05, 3.63) is 0 Å². The highest BCUT2D eigenvalue weighted by atomic mass is 16.4. The molecule has 1 rings (SSSR count). The predicted molar refractivity (Wildman–Crippen MR) is 50.7 cm³/mol. The molecule has 14 heavy (non-hydrogen) atoms. The Labute approximate surface area is 82.9 Å². The number of carbonyl (C=O) groups excluding carboxylic acids is 1. The quantitative estimate of drug-likeness (QED) is 0.643. The van der Waals surface area contributed by atoms with Gasteiger partial charge in [0, 0.05) is 32.0 Å². The number of nitrogens with two attached hydrogens (primary N) is 1. The normalized spacial score (nSPS) is 18.6. The first-order valence-corrected chi connectivity index (χ1v) is 4.84. The Kier molecular flexibility index (Phi) is 3.88. The van der Waals surface area contributed by atoms with Crippen molar-refractivity contribution < 1.29 is 14.7 Å². The Morgan fingerprint density at radius 2 is 2.36 bits per heavy atom. The highest BCUT2D eigenvalue weighted by molar-refractivity contribution is 5.78. The second-order valence-electron chi connectivity index (χ2n) is 3.64. The van der Waals surface area contributed by atoms with E-state index in [9.17, 15) is 9.59 Å². The maximum atomic E-state index is 11.2. The molecule has 1 fully saturated rings. The minimum Gasteiger partial charge on any atom is -0.481 e. The van der Waals surface area contributed by atoms with Gasteiger partial charge in [-0.05, 0) is 12.8 Å². The molecule has 1 heterocycles. The summed E-state index contributed by atoms with van der Waals surface area (Å²) in [5, 5.41) is 8.44. The molecule has 0 aromatic rings. The number of amides is 1. The number of carboxylic acid groups (broad SMARTS) is 1. The Bertz CT molecular complexity index is 230. The third kappa shape index (κ3) is 3.33. The van der Waals surface area contributed by atoms with Gasteiger partial charge >= 0.3 is 5.97 Å². The minimum absolute atomic E-state index is 0.0726. The number of carbonyl (C=O) groups is 2. The lowest BCUT2D eigenvalue weighted by Crippen LogP contribution is -2.38. The fraction of sp³-hybridized carbons (Fsp3) is 0.778. The third-order valence-corrected chi connectivity index (χ3v) is 2.36. The molecule has 5 nitrogen and oxygen atoms in total. The van der Waals surface area contributed by atoms with E-state index in [2.05, 4.69) is 0 Å². The standard InChI is InChI=1S/C9H16N2O3/c10-7(3-4-9(13)14)6-11-5-1-2-8(11)12/h7H,1-6,10H2,(H,13,14). The zero-order valence-corrected chi connectivity index (χ0v) is 8.11. The van der Waals surface area contributed by atoms with E-state index >= 15 is 0 Å². The summed E-state index contributed by atoms with van der Waals surface area (Å²) >= 11 is 0. The molecular formula is C9H16N2O3. The molecule has 0 spiro atoms. The van der Waals surface area contributed by atoms with Gasteiger partial charge in [-0.3, -0.25) is 9.59 Å². The Hall–Kier alpha value is -1.10. The third-order valence-electron chi connectivity index (χ3n) is 2.36. The van der Waals surface area contributed by atoms with Gasteiger partial charge in [0.2, 0.25) is 5.91 Å². The van der Waals surface area contributed by atoms with Crippen LogP contribution >= 0.6 is 0 Å². The van der Waals surface area contributed by atoms with Crippen LogP contribution in [0.25, 0.3) is 0 Å². The van der Waals surface area contributed by atoms with Crippen molar-refractivity contribution in [3.8, 4) is 0 Å². The summed E-state index contributed by atoms with van der Waals surface area (Å²) in [5.41, 5.74) is 5.71. The monoisotopic (exact) mass is 200 g/mol. The zero-order valence-electron chi connectivity index (χ0n) is 8.11. The van der Waals surface area contributed by atoms with Crippen molar-refractivity contribution >= 4 is 11.9 Å². The molecule has 80 valence electrons. The molecule has 1 unspecified atom stereocenters. The van der Waals surface area contributed by atoms with E-state index in [1.807, 2.05) is 0 Å². The summed E-state index contributed by atoms with van der Waals surface area (Å²) in [6.45, 7) is 1.26. The van der Waals surface area contributed by atoms with Crippen molar-refractivity contribution in [3.63, 3.8) is 0 Å². The first-order valence-electron chi connectivity index (χ1n) is 4.84. The summed E-state index contributed by atoms with van der Waals surface area (Å²) in [6.07, 6.45) is 2.00. The first kappa shape index (κ1) is 11.0. The van der Waals surface area contributed by atoms with Crippen LogP contribution in [-0.4, -0.2) is 41.0 Å². The smallest absolute Gasteiger partial charge is 0.303 e. The molecule has 0 bridgehead atoms. The number of nitrogens with zero attached hydrogens (tertiary/aromatic N) is 1. The van der Waals surface area contributed by atoms with E-state index in [1.54, 1.807) is 4.90 Å². The Morgan fingerprint density at radius 1 is 1.64 bits per heavy atom. The largest absolute Gasteiger partial charge is 0.481 e. The van der Waals surface area contributed by atoms with Gasteiger partial charge in [0.1, 0.15) is 0 Å². The van der Waals surface area contributed by atoms with Gasteiger partial charge < -0.3 is 15.7 Å². The van der Waals surface area contributed by atoms with E-state index in [0.29, 0.717) is 19.4 Å². The van der Waals surface area contributed by atoms with E-state index in [4.69, 9.17) is 10.8 Å². The van der Waals surface area contributed by atoms with E-state index in [0.717, 1.165) is 13.0 Å². The second kappa shape index (κ2) is 4.95. The van der Waals surface area contributed by atoms with Gasteiger partial charge in [-0.15, -0.1) is 0 Å². The molecule has 1 aliphatic rings. The molecule has 3 N–H and O–H groups in total. The molecule has 1 amide bonds. The van der Waals surface area contributed by atoms with Crippen LogP contribution in [0, 0.1) is 0 Å². The molecular weight excluding hydrogens is 184 g/mol. The van der Waals surface area contributed by atoms with Crippen LogP contribution in [0.2, 0.25) is 0 Å². The van der Waals surface area contributed by atoms with Crippen LogP contribution in [0.1, 0.15) is 25.7 Å². The van der Waals surface area contributed by atoms with Gasteiger partial charge in [0.25, 0.3) is 0 Å². The predicted octanol–water partition coefficient (Wildman–Crippen LogP) is -0.199. The van der Waals surface area contributed by atoms with E-state index in [1.165, 1.54) is 0 Å². The highest BCUT2D eigenvalue weighted by Crippen LogP contribution is 2.10. The van der Waals surface area contributed by atoms with Crippen LogP contribution in [0.3, 0.4) is 0 Å². The number of rotatable bonds is 5. The van der Waals surface area contributed by atoms with Gasteiger partial charge in [-0.1, -0.05) is 0 Å². The van der Waals surface area contributed by atoms with E-state index in [-0.39, 0.29) is 18.4 Å². The van der Waals surface area contributed by atoms with Crippen molar-refractivity contribution in [2.75, 3.05) is 13.1 Å². The molecule has 0 aliphatic carbocycles. The van der Waals surface area contributed by atoms with Crippen molar-refractivity contribution in [2.45, 2.75) is 31.7 Å². The lowest BCUT2D eigenvalue weighted by Gasteiger charge is -2.19. The van der Waals surface area contributed by atoms with Gasteiger partial charge in [0.05, 0.1) is 0 Å². The molecule has 0 aromatic carbocycles. The van der Waals surface area contributed by atoms with Gasteiger partial charge in [-0.2, -0.15) is 0 Å². The first-order chi connectivity index (χ1) is 6.59. The zero-order chi connectivity index (χ0) is 10.6. The molecule has 0 saturated carbocycles. The number of carboxylic acids is 1. The lowest BCUT2D eigenvalue weighted by atomic mass is 10.1. The van der Waals surface area contributed by atoms with Crippen LogP contribution in [0.15, 0.2) is 0 Å². The second-order valence-corrected chi connectivity index (χ2v) is 3.64. The average Bonchev–Trinajstić information content (AvgIpc) is 2.49. The molecule has 1 atom stereocenters. The molecule has 1 saturated heterocycles. The molecule has 5 heteroatoms. The Morgan fingerprint density at radius 3 is 2.86 bits per heavy atom. The van der Waals surface area contributed by atoms with Gasteiger partial charge in [0.15, 0.2) is 0 Å². The minimum atomic E-state index is -0.840. The van der Waals surface area contributed by atoms with Gasteiger partial charge in [-0.25, -0.2) is 0 Å². The van der Waals surface area contributed by atoms with Crippen LogP contribution in [-0.2, 0) is 9.59 Å². The van der Waals surface area contributed by atoms with Crippen molar-refractivity contribution in [1.82, 2.24) is 4.90 Å². The maximum Gasteiger partial charge on any atom is 0.303 e. The summed E-state index contributed by atoms with van der Waals surface area (Å²) in [5.74, 6) is -0.705. The van der Waals surface area contributed by atoms with Crippen molar-refractivity contribution in [1.29, 1.82) is 0 Å². The topological polar surface area (TPSA) is 83.6 Å². The summed E-state index contributed by atoms with van der Waals surface area (Å²) in [6, 6.07) is -0.215. The molecule has 1 aliphatic heterocycles. The Balaban J connectivity index is 2.22. The fourth-order valence-electron chi connectivity index (χ4n) is 1.58. The van der Waals surface area contributed by atoms with Crippen LogP contribution < -0.4 is 5.73 Å². The fourth-order valence-corrected chi connectivity index (χ4v) is 1.58. The number of aliphatic carboxylic acids is 1. The van der Waals surface area contributed by atoms with Crippen LogP contribution in [0.4, 0.5) is 0 Å². The summed E-state index contributed by atoms with van der Waals surface area (Å²) in [4.78, 5) is 23.2. The number of hydrogen-bond acceptors (Lipinski definition) is 3.